The van der Waals surface area contributed by atoms with Crippen LogP contribution in [0.15, 0.2) is 0 Å². The molecule has 5 atom stereocenters. The van der Waals surface area contributed by atoms with E-state index in [2.05, 4.69) is 13.8 Å². The van der Waals surface area contributed by atoms with Crippen molar-refractivity contribution in [3.8, 4) is 0 Å². The summed E-state index contributed by atoms with van der Waals surface area (Å²) >= 11 is 0. The lowest BCUT2D eigenvalue weighted by molar-refractivity contribution is 0.120. The first-order chi connectivity index (χ1) is 6.21. The van der Waals surface area contributed by atoms with E-state index < -0.39 is 0 Å². The van der Waals surface area contributed by atoms with Crippen molar-refractivity contribution in [2.75, 3.05) is 0 Å². The number of hydrogen-bond acceptors (Lipinski definition) is 0. The Kier molecular flexibility index (Phi) is 1.61. The molecule has 0 aromatic carbocycles. The van der Waals surface area contributed by atoms with Crippen LogP contribution in [0.4, 0.5) is 0 Å². The number of hydrogen-bond donors (Lipinski definition) is 0. The van der Waals surface area contributed by atoms with Crippen molar-refractivity contribution in [3.05, 3.63) is 0 Å². The summed E-state index contributed by atoms with van der Waals surface area (Å²) in [5, 5.41) is 0. The molecule has 0 amide bonds. The minimum Gasteiger partial charge on any atom is -0.0625 e. The molecule has 3 saturated carbocycles. The van der Waals surface area contributed by atoms with Gasteiger partial charge in [0.25, 0.3) is 0 Å². The lowest BCUT2D eigenvalue weighted by atomic mass is 9.67. The largest absolute Gasteiger partial charge is 0.0625 e. The standard InChI is InChI=1S/C13H22/c1-9-5-3-4-6-13(2)8-11-10(7-9)12(11)13/h9-12H,3-8H2,1-2H3. The van der Waals surface area contributed by atoms with Gasteiger partial charge in [-0.15, -0.1) is 0 Å². The lowest BCUT2D eigenvalue weighted by Gasteiger charge is -2.38. The highest BCUT2D eigenvalue weighted by molar-refractivity contribution is 5.16. The van der Waals surface area contributed by atoms with Crippen LogP contribution in [0, 0.1) is 29.1 Å². The van der Waals surface area contributed by atoms with Crippen molar-refractivity contribution in [3.63, 3.8) is 0 Å². The summed E-state index contributed by atoms with van der Waals surface area (Å²) in [6.45, 7) is 5.03. The Hall–Kier alpha value is 0. The topological polar surface area (TPSA) is 0 Å². The van der Waals surface area contributed by atoms with Crippen molar-refractivity contribution >= 4 is 0 Å². The molecule has 0 bridgehead atoms. The third-order valence-corrected chi connectivity index (χ3v) is 5.21. The van der Waals surface area contributed by atoms with Crippen molar-refractivity contribution < 1.29 is 0 Å². The molecular weight excluding hydrogens is 156 g/mol. The Morgan fingerprint density at radius 3 is 2.85 bits per heavy atom. The quantitative estimate of drug-likeness (QED) is 0.528. The molecule has 3 fully saturated rings. The summed E-state index contributed by atoms with van der Waals surface area (Å²) < 4.78 is 0. The lowest BCUT2D eigenvalue weighted by Crippen LogP contribution is -2.29. The van der Waals surface area contributed by atoms with E-state index in [9.17, 15) is 0 Å². The summed E-state index contributed by atoms with van der Waals surface area (Å²) in [6, 6.07) is 0. The smallest absolute Gasteiger partial charge is 0.0289 e. The van der Waals surface area contributed by atoms with Crippen LogP contribution in [-0.4, -0.2) is 0 Å². The second-order valence-corrected chi connectivity index (χ2v) is 6.30. The molecule has 0 heterocycles. The van der Waals surface area contributed by atoms with Gasteiger partial charge in [0, 0.05) is 0 Å². The Labute approximate surface area is 82.1 Å². The first-order valence-electron chi connectivity index (χ1n) is 6.21. The molecule has 0 radical (unpaired) electrons. The van der Waals surface area contributed by atoms with Gasteiger partial charge in [-0.3, -0.25) is 0 Å². The van der Waals surface area contributed by atoms with Crippen molar-refractivity contribution in [2.45, 2.75) is 52.4 Å². The van der Waals surface area contributed by atoms with Gasteiger partial charge in [-0.1, -0.05) is 33.1 Å². The fourth-order valence-corrected chi connectivity index (χ4v) is 4.47. The third-order valence-electron chi connectivity index (χ3n) is 5.21. The van der Waals surface area contributed by atoms with Crippen molar-refractivity contribution in [1.82, 2.24) is 0 Å². The highest BCUT2D eigenvalue weighted by Gasteiger charge is 2.67. The van der Waals surface area contributed by atoms with E-state index in [1.54, 1.807) is 12.8 Å². The summed E-state index contributed by atoms with van der Waals surface area (Å²) in [6.07, 6.45) is 9.20. The van der Waals surface area contributed by atoms with Gasteiger partial charge in [0.05, 0.1) is 0 Å². The molecular formula is C13H22. The SMILES string of the molecule is CC1CCCCC2(C)CC3C(C1)C32. The maximum Gasteiger partial charge on any atom is -0.0289 e. The van der Waals surface area contributed by atoms with E-state index in [1.807, 2.05) is 0 Å². The molecule has 0 N–H and O–H groups in total. The van der Waals surface area contributed by atoms with Gasteiger partial charge >= 0.3 is 0 Å². The van der Waals surface area contributed by atoms with Crippen LogP contribution >= 0.6 is 0 Å². The summed E-state index contributed by atoms with van der Waals surface area (Å²) in [4.78, 5) is 0. The van der Waals surface area contributed by atoms with Gasteiger partial charge in [-0.25, -0.2) is 0 Å². The van der Waals surface area contributed by atoms with E-state index in [4.69, 9.17) is 0 Å². The number of fused-ring (bicyclic) bond motifs is 1. The van der Waals surface area contributed by atoms with Crippen LogP contribution in [0.3, 0.4) is 0 Å². The molecule has 0 saturated heterocycles. The zero-order valence-corrected chi connectivity index (χ0v) is 9.05. The minimum absolute atomic E-state index is 0.805. The van der Waals surface area contributed by atoms with Gasteiger partial charge in [0.2, 0.25) is 0 Å². The van der Waals surface area contributed by atoms with Crippen molar-refractivity contribution in [1.29, 1.82) is 0 Å². The van der Waals surface area contributed by atoms with Gasteiger partial charge in [0.15, 0.2) is 0 Å². The van der Waals surface area contributed by atoms with E-state index in [0.717, 1.165) is 17.3 Å². The maximum atomic E-state index is 2.56. The summed E-state index contributed by atoms with van der Waals surface area (Å²) in [5.41, 5.74) is 0.805. The van der Waals surface area contributed by atoms with Crippen LogP contribution < -0.4 is 0 Å². The van der Waals surface area contributed by atoms with Gasteiger partial charge in [-0.05, 0) is 48.3 Å². The molecule has 0 aliphatic heterocycles. The molecule has 3 aliphatic carbocycles. The van der Waals surface area contributed by atoms with Crippen LogP contribution in [0.2, 0.25) is 0 Å². The Balaban J connectivity index is 1.74. The van der Waals surface area contributed by atoms with E-state index in [1.165, 1.54) is 37.5 Å². The fraction of sp³-hybridized carbons (Fsp3) is 1.00. The van der Waals surface area contributed by atoms with Crippen LogP contribution in [0.1, 0.15) is 52.4 Å². The highest BCUT2D eigenvalue weighted by atomic mass is 14.7. The molecule has 13 heavy (non-hydrogen) atoms. The average molecular weight is 178 g/mol. The molecule has 0 aromatic heterocycles. The summed E-state index contributed by atoms with van der Waals surface area (Å²) in [7, 11) is 0. The van der Waals surface area contributed by atoms with Crippen molar-refractivity contribution in [2.24, 2.45) is 29.1 Å². The fourth-order valence-electron chi connectivity index (χ4n) is 4.47. The zero-order chi connectivity index (χ0) is 9.05. The molecule has 0 spiro atoms. The second-order valence-electron chi connectivity index (χ2n) is 6.30. The molecule has 0 heteroatoms. The van der Waals surface area contributed by atoms with E-state index in [0.29, 0.717) is 0 Å². The predicted octanol–water partition coefficient (Wildman–Crippen LogP) is 3.86. The molecule has 5 unspecified atom stereocenters. The molecule has 74 valence electrons. The third kappa shape index (κ3) is 1.10. The Bertz CT molecular complexity index is 220. The van der Waals surface area contributed by atoms with Gasteiger partial charge in [-0.2, -0.15) is 0 Å². The molecule has 0 aromatic rings. The first-order valence-corrected chi connectivity index (χ1v) is 6.21. The molecule has 3 rings (SSSR count). The second kappa shape index (κ2) is 2.52. The first kappa shape index (κ1) is 8.32. The van der Waals surface area contributed by atoms with E-state index >= 15 is 0 Å². The Morgan fingerprint density at radius 1 is 1.15 bits per heavy atom. The normalized spacial score (nSPS) is 59.5. The zero-order valence-electron chi connectivity index (χ0n) is 9.05. The Morgan fingerprint density at radius 2 is 2.00 bits per heavy atom. The van der Waals surface area contributed by atoms with E-state index in [-0.39, 0.29) is 0 Å². The van der Waals surface area contributed by atoms with Gasteiger partial charge < -0.3 is 0 Å². The van der Waals surface area contributed by atoms with Crippen LogP contribution in [-0.2, 0) is 0 Å². The molecule has 3 aliphatic rings. The predicted molar refractivity (Wildman–Crippen MR) is 55.4 cm³/mol. The van der Waals surface area contributed by atoms with Crippen LogP contribution in [0.25, 0.3) is 0 Å². The average Bonchev–Trinajstić information content (AvgIpc) is 2.64. The molecule has 0 nitrogen and oxygen atoms in total. The van der Waals surface area contributed by atoms with Gasteiger partial charge in [0.1, 0.15) is 0 Å². The number of rotatable bonds is 0. The van der Waals surface area contributed by atoms with Crippen LogP contribution in [0.5, 0.6) is 0 Å². The monoisotopic (exact) mass is 178 g/mol. The minimum atomic E-state index is 0.805. The highest BCUT2D eigenvalue weighted by Crippen LogP contribution is 2.74. The summed E-state index contributed by atoms with van der Waals surface area (Å²) in [5.74, 6) is 4.55. The maximum absolute atomic E-state index is 2.56.